The molecule has 134 valence electrons. The third kappa shape index (κ3) is 3.28. The van der Waals surface area contributed by atoms with Crippen molar-refractivity contribution in [3.8, 4) is 0 Å². The van der Waals surface area contributed by atoms with E-state index in [-0.39, 0.29) is 11.8 Å². The van der Waals surface area contributed by atoms with Crippen LogP contribution in [0, 0.1) is 0 Å². The summed E-state index contributed by atoms with van der Waals surface area (Å²) in [6.07, 6.45) is 4.06. The highest BCUT2D eigenvalue weighted by Crippen LogP contribution is 2.32. The topological polar surface area (TPSA) is 59.1 Å². The van der Waals surface area contributed by atoms with Gasteiger partial charge in [-0.2, -0.15) is 0 Å². The lowest BCUT2D eigenvalue weighted by molar-refractivity contribution is -0.181. The molecular weight excluding hydrogens is 320 g/mol. The molecule has 2 amide bonds. The summed E-state index contributed by atoms with van der Waals surface area (Å²) in [5, 5.41) is 0. The first-order valence-corrected chi connectivity index (χ1v) is 9.15. The largest absolute Gasteiger partial charge is 0.347 e. The Morgan fingerprint density at radius 3 is 2.28 bits per heavy atom. The van der Waals surface area contributed by atoms with Crippen LogP contribution in [0.4, 0.5) is 5.69 Å². The Morgan fingerprint density at radius 2 is 1.64 bits per heavy atom. The predicted molar refractivity (Wildman–Crippen MR) is 92.4 cm³/mol. The summed E-state index contributed by atoms with van der Waals surface area (Å²) < 4.78 is 11.4. The highest BCUT2D eigenvalue weighted by molar-refractivity contribution is 5.97. The van der Waals surface area contributed by atoms with Crippen LogP contribution in [0.1, 0.15) is 42.5 Å². The average molecular weight is 344 g/mol. The Balaban J connectivity index is 1.40. The van der Waals surface area contributed by atoms with Gasteiger partial charge in [-0.05, 0) is 37.1 Å². The molecule has 0 N–H and O–H groups in total. The zero-order valence-corrected chi connectivity index (χ0v) is 14.4. The normalized spacial score (nSPS) is 23.3. The van der Waals surface area contributed by atoms with Crippen molar-refractivity contribution in [3.63, 3.8) is 0 Å². The van der Waals surface area contributed by atoms with Crippen LogP contribution in [0.15, 0.2) is 24.3 Å². The number of rotatable bonds is 2. The van der Waals surface area contributed by atoms with Crippen molar-refractivity contribution in [2.24, 2.45) is 0 Å². The summed E-state index contributed by atoms with van der Waals surface area (Å²) >= 11 is 0. The highest BCUT2D eigenvalue weighted by atomic mass is 16.7. The smallest absolute Gasteiger partial charge is 0.253 e. The van der Waals surface area contributed by atoms with Crippen LogP contribution in [0.5, 0.6) is 0 Å². The van der Waals surface area contributed by atoms with Gasteiger partial charge < -0.3 is 19.3 Å². The molecule has 6 heteroatoms. The van der Waals surface area contributed by atoms with Crippen molar-refractivity contribution >= 4 is 17.5 Å². The minimum absolute atomic E-state index is 0.0318. The Labute approximate surface area is 147 Å². The fourth-order valence-electron chi connectivity index (χ4n) is 3.88. The molecule has 1 aromatic carbocycles. The van der Waals surface area contributed by atoms with E-state index in [0.717, 1.165) is 37.9 Å². The van der Waals surface area contributed by atoms with E-state index in [1.165, 1.54) is 0 Å². The number of benzene rings is 1. The first kappa shape index (κ1) is 16.5. The lowest BCUT2D eigenvalue weighted by Gasteiger charge is -2.37. The van der Waals surface area contributed by atoms with Crippen LogP contribution in [0.25, 0.3) is 0 Å². The maximum Gasteiger partial charge on any atom is 0.253 e. The molecule has 3 saturated heterocycles. The molecule has 0 bridgehead atoms. The molecule has 4 rings (SSSR count). The van der Waals surface area contributed by atoms with Crippen molar-refractivity contribution in [1.82, 2.24) is 4.90 Å². The Morgan fingerprint density at radius 1 is 0.960 bits per heavy atom. The van der Waals surface area contributed by atoms with Gasteiger partial charge in [0, 0.05) is 50.1 Å². The van der Waals surface area contributed by atoms with Gasteiger partial charge in [0.2, 0.25) is 5.91 Å². The lowest BCUT2D eigenvalue weighted by Crippen LogP contribution is -2.47. The van der Waals surface area contributed by atoms with Gasteiger partial charge in [-0.15, -0.1) is 0 Å². The second-order valence-corrected chi connectivity index (χ2v) is 6.95. The number of amides is 2. The van der Waals surface area contributed by atoms with E-state index in [1.54, 1.807) is 0 Å². The van der Waals surface area contributed by atoms with Gasteiger partial charge in [0.1, 0.15) is 0 Å². The summed E-state index contributed by atoms with van der Waals surface area (Å²) in [4.78, 5) is 28.4. The summed E-state index contributed by atoms with van der Waals surface area (Å²) in [6.45, 7) is 3.34. The monoisotopic (exact) mass is 344 g/mol. The molecule has 3 aliphatic rings. The van der Waals surface area contributed by atoms with Gasteiger partial charge in [0.05, 0.1) is 13.2 Å². The number of hydrogen-bond donors (Lipinski definition) is 0. The highest BCUT2D eigenvalue weighted by Gasteiger charge is 2.40. The van der Waals surface area contributed by atoms with Crippen molar-refractivity contribution in [2.75, 3.05) is 37.7 Å². The molecule has 0 atom stereocenters. The van der Waals surface area contributed by atoms with Crippen molar-refractivity contribution in [3.05, 3.63) is 29.8 Å². The molecule has 0 aliphatic carbocycles. The van der Waals surface area contributed by atoms with Gasteiger partial charge in [-0.1, -0.05) is 0 Å². The van der Waals surface area contributed by atoms with Crippen LogP contribution in [0.3, 0.4) is 0 Å². The standard InChI is InChI=1S/C19H24N2O4/c22-17-3-1-2-10-21(17)16-6-4-15(5-7-16)18(23)20-11-8-19(9-12-20)24-13-14-25-19/h4-7H,1-3,8-14H2. The van der Waals surface area contributed by atoms with E-state index in [1.807, 2.05) is 34.1 Å². The number of ether oxygens (including phenoxy) is 2. The fourth-order valence-corrected chi connectivity index (χ4v) is 3.88. The number of hydrogen-bond acceptors (Lipinski definition) is 4. The molecule has 25 heavy (non-hydrogen) atoms. The molecule has 0 unspecified atom stereocenters. The van der Waals surface area contributed by atoms with Gasteiger partial charge in [0.25, 0.3) is 5.91 Å². The van der Waals surface area contributed by atoms with Crippen molar-refractivity contribution in [1.29, 1.82) is 0 Å². The number of carbonyl (C=O) groups excluding carboxylic acids is 2. The second kappa shape index (κ2) is 6.77. The zero-order chi connectivity index (χ0) is 17.3. The van der Waals surface area contributed by atoms with Gasteiger partial charge in [0.15, 0.2) is 5.79 Å². The summed E-state index contributed by atoms with van der Waals surface area (Å²) in [5.74, 6) is -0.262. The average Bonchev–Trinajstić information content (AvgIpc) is 3.10. The van der Waals surface area contributed by atoms with E-state index >= 15 is 0 Å². The molecular formula is C19H24N2O4. The van der Waals surface area contributed by atoms with Gasteiger partial charge >= 0.3 is 0 Å². The van der Waals surface area contributed by atoms with Crippen LogP contribution in [0.2, 0.25) is 0 Å². The lowest BCUT2D eigenvalue weighted by atomic mass is 10.0. The second-order valence-electron chi connectivity index (χ2n) is 6.95. The molecule has 0 saturated carbocycles. The summed E-state index contributed by atoms with van der Waals surface area (Å²) in [7, 11) is 0. The molecule has 3 heterocycles. The van der Waals surface area contributed by atoms with E-state index < -0.39 is 5.79 Å². The number of anilines is 1. The molecule has 3 fully saturated rings. The van der Waals surface area contributed by atoms with Crippen molar-refractivity contribution < 1.29 is 19.1 Å². The fraction of sp³-hybridized carbons (Fsp3) is 0.579. The third-order valence-corrected chi connectivity index (χ3v) is 5.38. The molecule has 1 aromatic rings. The van der Waals surface area contributed by atoms with Crippen LogP contribution in [-0.2, 0) is 14.3 Å². The molecule has 6 nitrogen and oxygen atoms in total. The zero-order valence-electron chi connectivity index (χ0n) is 14.4. The first-order chi connectivity index (χ1) is 12.2. The van der Waals surface area contributed by atoms with Crippen LogP contribution >= 0.6 is 0 Å². The molecule has 0 aromatic heterocycles. The van der Waals surface area contributed by atoms with Gasteiger partial charge in [-0.25, -0.2) is 0 Å². The summed E-state index contributed by atoms with van der Waals surface area (Å²) in [6, 6.07) is 7.41. The SMILES string of the molecule is O=C(c1ccc(N2CCCCC2=O)cc1)N1CCC2(CC1)OCCO2. The number of nitrogens with zero attached hydrogens (tertiary/aromatic N) is 2. The third-order valence-electron chi connectivity index (χ3n) is 5.38. The van der Waals surface area contributed by atoms with E-state index in [2.05, 4.69) is 0 Å². The van der Waals surface area contributed by atoms with Crippen LogP contribution in [-0.4, -0.2) is 55.3 Å². The van der Waals surface area contributed by atoms with Crippen LogP contribution < -0.4 is 4.90 Å². The van der Waals surface area contributed by atoms with Gasteiger partial charge in [-0.3, -0.25) is 9.59 Å². The van der Waals surface area contributed by atoms with Crippen molar-refractivity contribution in [2.45, 2.75) is 37.9 Å². The molecule has 3 aliphatic heterocycles. The van der Waals surface area contributed by atoms with E-state index in [0.29, 0.717) is 38.3 Å². The Hall–Kier alpha value is -1.92. The van der Waals surface area contributed by atoms with E-state index in [9.17, 15) is 9.59 Å². The maximum absolute atomic E-state index is 12.7. The maximum atomic E-state index is 12.7. The van der Waals surface area contributed by atoms with E-state index in [4.69, 9.17) is 9.47 Å². The number of carbonyl (C=O) groups is 2. The first-order valence-electron chi connectivity index (χ1n) is 9.15. The molecule has 1 spiro atoms. The quantitative estimate of drug-likeness (QED) is 0.825. The molecule has 0 radical (unpaired) electrons. The Kier molecular flexibility index (Phi) is 4.48. The predicted octanol–water partition coefficient (Wildman–Crippen LogP) is 2.18. The number of likely N-dealkylation sites (tertiary alicyclic amines) is 1. The minimum Gasteiger partial charge on any atom is -0.347 e. The minimum atomic E-state index is -0.463. The Bertz CT molecular complexity index is 642. The number of piperidine rings is 2. The summed E-state index contributed by atoms with van der Waals surface area (Å²) in [5.41, 5.74) is 1.55.